The average molecular weight is 277 g/mol. The van der Waals surface area contributed by atoms with E-state index in [1.807, 2.05) is 25.1 Å². The largest absolute Gasteiger partial charge is 0.381 e. The molecule has 0 spiro atoms. The molecule has 1 aromatic rings. The maximum Gasteiger partial charge on any atom is 0.176 e. The fourth-order valence-corrected chi connectivity index (χ4v) is 1.87. The summed E-state index contributed by atoms with van der Waals surface area (Å²) >= 11 is 0. The Labute approximate surface area is 122 Å². The zero-order valence-corrected chi connectivity index (χ0v) is 13.0. The van der Waals surface area contributed by atoms with Crippen molar-refractivity contribution in [3.8, 4) is 0 Å². The third-order valence-corrected chi connectivity index (χ3v) is 3.40. The number of ether oxygens (including phenoxy) is 1. The molecule has 1 rings (SSSR count). The average Bonchev–Trinajstić information content (AvgIpc) is 2.44. The van der Waals surface area contributed by atoms with Crippen LogP contribution in [0, 0.1) is 13.8 Å². The van der Waals surface area contributed by atoms with E-state index >= 15 is 0 Å². The molecule has 0 heterocycles. The number of rotatable bonds is 10. The van der Waals surface area contributed by atoms with Gasteiger partial charge in [0.05, 0.1) is 6.54 Å². The second kappa shape index (κ2) is 9.67. The molecule has 112 valence electrons. The second-order valence-corrected chi connectivity index (χ2v) is 5.22. The molecular formula is C17H27NO2. The van der Waals surface area contributed by atoms with Crippen molar-refractivity contribution < 1.29 is 9.53 Å². The van der Waals surface area contributed by atoms with Crippen molar-refractivity contribution in [2.75, 3.05) is 26.3 Å². The van der Waals surface area contributed by atoms with E-state index in [-0.39, 0.29) is 5.78 Å². The number of benzene rings is 1. The lowest BCUT2D eigenvalue weighted by Crippen LogP contribution is -2.25. The van der Waals surface area contributed by atoms with Crippen LogP contribution in [0.3, 0.4) is 0 Å². The molecule has 0 aliphatic carbocycles. The van der Waals surface area contributed by atoms with Gasteiger partial charge in [-0.2, -0.15) is 0 Å². The van der Waals surface area contributed by atoms with E-state index in [2.05, 4.69) is 19.2 Å². The van der Waals surface area contributed by atoms with Crippen LogP contribution in [0.2, 0.25) is 0 Å². The van der Waals surface area contributed by atoms with Gasteiger partial charge in [0, 0.05) is 18.8 Å². The Kier molecular flexibility index (Phi) is 8.16. The topological polar surface area (TPSA) is 38.3 Å². The van der Waals surface area contributed by atoms with Crippen LogP contribution in [0.4, 0.5) is 0 Å². The molecule has 0 aromatic heterocycles. The van der Waals surface area contributed by atoms with Gasteiger partial charge in [-0.05, 0) is 50.4 Å². The maximum atomic E-state index is 12.0. The molecular weight excluding hydrogens is 250 g/mol. The van der Waals surface area contributed by atoms with Crippen LogP contribution in [0.1, 0.15) is 47.7 Å². The van der Waals surface area contributed by atoms with Gasteiger partial charge in [0.2, 0.25) is 0 Å². The van der Waals surface area contributed by atoms with Gasteiger partial charge in [0.15, 0.2) is 5.78 Å². The van der Waals surface area contributed by atoms with Crippen LogP contribution in [0.25, 0.3) is 0 Å². The van der Waals surface area contributed by atoms with E-state index in [0.717, 1.165) is 38.2 Å². The normalized spacial score (nSPS) is 10.8. The molecule has 1 aromatic carbocycles. The van der Waals surface area contributed by atoms with Crippen molar-refractivity contribution in [1.29, 1.82) is 0 Å². The quantitative estimate of drug-likeness (QED) is 0.527. The van der Waals surface area contributed by atoms with Gasteiger partial charge >= 0.3 is 0 Å². The van der Waals surface area contributed by atoms with Crippen molar-refractivity contribution in [2.24, 2.45) is 0 Å². The summed E-state index contributed by atoms with van der Waals surface area (Å²) in [5.41, 5.74) is 3.18. The number of hydrogen-bond donors (Lipinski definition) is 1. The first-order valence-electron chi connectivity index (χ1n) is 7.54. The molecule has 3 nitrogen and oxygen atoms in total. The standard InChI is InChI=1S/C17H27NO2/c1-4-5-10-20-11-6-9-18-13-17(19)16-8-7-14(2)15(3)12-16/h7-8,12,18H,4-6,9-11,13H2,1-3H3. The van der Waals surface area contributed by atoms with Gasteiger partial charge in [0.25, 0.3) is 0 Å². The number of ketones is 1. The second-order valence-electron chi connectivity index (χ2n) is 5.22. The van der Waals surface area contributed by atoms with Gasteiger partial charge in [-0.15, -0.1) is 0 Å². The number of Topliss-reactive ketones (excluding diaryl/α,β-unsaturated/α-hetero) is 1. The fourth-order valence-electron chi connectivity index (χ4n) is 1.87. The van der Waals surface area contributed by atoms with Crippen molar-refractivity contribution in [3.05, 3.63) is 34.9 Å². The molecule has 0 unspecified atom stereocenters. The third-order valence-electron chi connectivity index (χ3n) is 3.40. The maximum absolute atomic E-state index is 12.0. The lowest BCUT2D eigenvalue weighted by molar-refractivity contribution is 0.0986. The van der Waals surface area contributed by atoms with Gasteiger partial charge in [-0.1, -0.05) is 25.5 Å². The summed E-state index contributed by atoms with van der Waals surface area (Å²) in [6, 6.07) is 5.87. The van der Waals surface area contributed by atoms with Crippen molar-refractivity contribution in [3.63, 3.8) is 0 Å². The summed E-state index contributed by atoms with van der Waals surface area (Å²) in [4.78, 5) is 12.0. The van der Waals surface area contributed by atoms with Gasteiger partial charge < -0.3 is 10.1 Å². The molecule has 1 N–H and O–H groups in total. The van der Waals surface area contributed by atoms with E-state index in [1.165, 1.54) is 17.5 Å². The molecule has 0 saturated heterocycles. The molecule has 0 amide bonds. The van der Waals surface area contributed by atoms with Crippen LogP contribution >= 0.6 is 0 Å². The number of hydrogen-bond acceptors (Lipinski definition) is 3. The summed E-state index contributed by atoms with van der Waals surface area (Å²) < 4.78 is 5.47. The predicted octanol–water partition coefficient (Wildman–Crippen LogP) is 3.28. The summed E-state index contributed by atoms with van der Waals surface area (Å²) in [6.45, 7) is 9.08. The van der Waals surface area contributed by atoms with Crippen LogP contribution < -0.4 is 5.32 Å². The number of aryl methyl sites for hydroxylation is 2. The fraction of sp³-hybridized carbons (Fsp3) is 0.588. The lowest BCUT2D eigenvalue weighted by Gasteiger charge is -2.07. The highest BCUT2D eigenvalue weighted by Gasteiger charge is 2.06. The summed E-state index contributed by atoms with van der Waals surface area (Å²) in [6.07, 6.45) is 3.24. The molecule has 0 aliphatic heterocycles. The first kappa shape index (κ1) is 16.9. The molecule has 0 aliphatic rings. The van der Waals surface area contributed by atoms with E-state index in [1.54, 1.807) is 0 Å². The van der Waals surface area contributed by atoms with E-state index in [9.17, 15) is 4.79 Å². The Morgan fingerprint density at radius 3 is 2.60 bits per heavy atom. The van der Waals surface area contributed by atoms with E-state index in [0.29, 0.717) is 6.54 Å². The van der Waals surface area contributed by atoms with Crippen molar-refractivity contribution in [2.45, 2.75) is 40.0 Å². The highest BCUT2D eigenvalue weighted by molar-refractivity contribution is 5.97. The van der Waals surface area contributed by atoms with Crippen LogP contribution in [-0.2, 0) is 4.74 Å². The van der Waals surface area contributed by atoms with Gasteiger partial charge in [-0.25, -0.2) is 0 Å². The molecule has 3 heteroatoms. The molecule has 0 saturated carbocycles. The van der Waals surface area contributed by atoms with E-state index < -0.39 is 0 Å². The molecule has 0 radical (unpaired) electrons. The first-order chi connectivity index (χ1) is 9.65. The summed E-state index contributed by atoms with van der Waals surface area (Å²) in [5.74, 6) is 0.153. The minimum absolute atomic E-state index is 0.153. The van der Waals surface area contributed by atoms with Gasteiger partial charge in [0.1, 0.15) is 0 Å². The zero-order valence-electron chi connectivity index (χ0n) is 13.0. The lowest BCUT2D eigenvalue weighted by atomic mass is 10.0. The monoisotopic (exact) mass is 277 g/mol. The van der Waals surface area contributed by atoms with Crippen molar-refractivity contribution >= 4 is 5.78 Å². The smallest absolute Gasteiger partial charge is 0.176 e. The van der Waals surface area contributed by atoms with Gasteiger partial charge in [-0.3, -0.25) is 4.79 Å². The Morgan fingerprint density at radius 1 is 1.15 bits per heavy atom. The summed E-state index contributed by atoms with van der Waals surface area (Å²) in [5, 5.41) is 3.18. The minimum atomic E-state index is 0.153. The number of carbonyl (C=O) groups excluding carboxylic acids is 1. The molecule has 0 atom stereocenters. The third kappa shape index (κ3) is 6.31. The highest BCUT2D eigenvalue weighted by atomic mass is 16.5. The Bertz CT molecular complexity index is 415. The SMILES string of the molecule is CCCCOCCCNCC(=O)c1ccc(C)c(C)c1. The molecule has 0 fully saturated rings. The number of carbonyl (C=O) groups is 1. The zero-order chi connectivity index (χ0) is 14.8. The minimum Gasteiger partial charge on any atom is -0.381 e. The molecule has 0 bridgehead atoms. The molecule has 20 heavy (non-hydrogen) atoms. The summed E-state index contributed by atoms with van der Waals surface area (Å²) in [7, 11) is 0. The van der Waals surface area contributed by atoms with E-state index in [4.69, 9.17) is 4.74 Å². The Morgan fingerprint density at radius 2 is 1.90 bits per heavy atom. The van der Waals surface area contributed by atoms with Crippen molar-refractivity contribution in [1.82, 2.24) is 5.32 Å². The van der Waals surface area contributed by atoms with Crippen LogP contribution in [0.15, 0.2) is 18.2 Å². The highest BCUT2D eigenvalue weighted by Crippen LogP contribution is 2.10. The Balaban J connectivity index is 2.15. The number of nitrogens with one attached hydrogen (secondary N) is 1. The first-order valence-corrected chi connectivity index (χ1v) is 7.54. The van der Waals surface area contributed by atoms with Crippen LogP contribution in [-0.4, -0.2) is 32.1 Å². The predicted molar refractivity (Wildman–Crippen MR) is 83.5 cm³/mol. The van der Waals surface area contributed by atoms with Crippen LogP contribution in [0.5, 0.6) is 0 Å². The number of unbranched alkanes of at least 4 members (excludes halogenated alkanes) is 1. The Hall–Kier alpha value is -1.19.